The van der Waals surface area contributed by atoms with Crippen molar-refractivity contribution in [2.75, 3.05) is 26.0 Å². The zero-order valence-corrected chi connectivity index (χ0v) is 18.5. The molecular formula is C24H26N4OS. The molecule has 2 N–H and O–H groups in total. The van der Waals surface area contributed by atoms with Gasteiger partial charge in [-0.1, -0.05) is 31.2 Å². The van der Waals surface area contributed by atoms with Gasteiger partial charge in [0.25, 0.3) is 0 Å². The number of para-hydroxylation sites is 1. The van der Waals surface area contributed by atoms with Gasteiger partial charge in [-0.05, 0) is 62.5 Å². The van der Waals surface area contributed by atoms with Gasteiger partial charge in [0, 0.05) is 23.0 Å². The summed E-state index contributed by atoms with van der Waals surface area (Å²) < 4.78 is 0. The molecule has 0 aliphatic rings. The number of amides is 1. The summed E-state index contributed by atoms with van der Waals surface area (Å²) in [5.74, 6) is 0.844. The van der Waals surface area contributed by atoms with Gasteiger partial charge in [-0.2, -0.15) is 0 Å². The molecule has 0 aliphatic carbocycles. The molecule has 0 saturated carbocycles. The van der Waals surface area contributed by atoms with E-state index in [-0.39, 0.29) is 11.8 Å². The first-order chi connectivity index (χ1) is 14.4. The number of nitrogens with zero attached hydrogens (tertiary/aromatic N) is 2. The van der Waals surface area contributed by atoms with E-state index in [0.29, 0.717) is 0 Å². The van der Waals surface area contributed by atoms with Crippen molar-refractivity contribution < 1.29 is 4.79 Å². The van der Waals surface area contributed by atoms with Gasteiger partial charge >= 0.3 is 0 Å². The lowest BCUT2D eigenvalue weighted by Crippen LogP contribution is -2.29. The van der Waals surface area contributed by atoms with Crippen molar-refractivity contribution in [2.24, 2.45) is 5.92 Å². The van der Waals surface area contributed by atoms with Crippen molar-refractivity contribution in [3.8, 4) is 21.1 Å². The first kappa shape index (κ1) is 20.3. The highest BCUT2D eigenvalue weighted by Crippen LogP contribution is 2.35. The molecule has 154 valence electrons. The lowest BCUT2D eigenvalue weighted by atomic mass is 10.1. The van der Waals surface area contributed by atoms with Crippen LogP contribution in [0.4, 0.5) is 5.69 Å². The van der Waals surface area contributed by atoms with Crippen molar-refractivity contribution in [1.29, 1.82) is 0 Å². The number of fused-ring (bicyclic) bond motifs is 1. The predicted octanol–water partition coefficient (Wildman–Crippen LogP) is 5.40. The quantitative estimate of drug-likeness (QED) is 0.440. The smallest absolute Gasteiger partial charge is 0.228 e. The van der Waals surface area contributed by atoms with E-state index in [4.69, 9.17) is 4.98 Å². The van der Waals surface area contributed by atoms with E-state index in [1.807, 2.05) is 50.2 Å². The zero-order chi connectivity index (χ0) is 21.3. The summed E-state index contributed by atoms with van der Waals surface area (Å²) in [4.78, 5) is 24.9. The predicted molar refractivity (Wildman–Crippen MR) is 126 cm³/mol. The molecule has 5 nitrogen and oxygen atoms in total. The Balaban J connectivity index is 1.55. The minimum atomic E-state index is -0.0754. The molecule has 0 saturated heterocycles. The molecule has 2 aromatic carbocycles. The molecule has 0 spiro atoms. The lowest BCUT2D eigenvalue weighted by molar-refractivity contribution is -0.119. The Morgan fingerprint density at radius 2 is 1.90 bits per heavy atom. The number of thiophene rings is 1. The van der Waals surface area contributed by atoms with Crippen molar-refractivity contribution >= 4 is 34.0 Å². The number of hydrogen-bond donors (Lipinski definition) is 2. The molecule has 0 aliphatic heterocycles. The Morgan fingerprint density at radius 3 is 2.67 bits per heavy atom. The molecular weight excluding hydrogens is 392 g/mol. The monoisotopic (exact) mass is 418 g/mol. The molecule has 1 amide bonds. The summed E-state index contributed by atoms with van der Waals surface area (Å²) in [5, 5.41) is 3.04. The van der Waals surface area contributed by atoms with E-state index < -0.39 is 0 Å². The zero-order valence-electron chi connectivity index (χ0n) is 17.7. The van der Waals surface area contributed by atoms with Crippen molar-refractivity contribution in [3.05, 3.63) is 60.2 Å². The van der Waals surface area contributed by atoms with E-state index in [9.17, 15) is 4.79 Å². The fourth-order valence-corrected chi connectivity index (χ4v) is 4.51. The average molecular weight is 419 g/mol. The van der Waals surface area contributed by atoms with Crippen molar-refractivity contribution in [1.82, 2.24) is 14.9 Å². The number of carbonyl (C=O) groups excluding carboxylic acids is 1. The minimum absolute atomic E-state index is 0.0327. The Labute approximate surface area is 180 Å². The second kappa shape index (κ2) is 8.42. The van der Waals surface area contributed by atoms with Crippen molar-refractivity contribution in [2.45, 2.75) is 13.8 Å². The maximum absolute atomic E-state index is 12.5. The summed E-state index contributed by atoms with van der Waals surface area (Å²) in [6, 6.07) is 18.4. The number of anilines is 1. The van der Waals surface area contributed by atoms with Crippen LogP contribution in [0.5, 0.6) is 0 Å². The van der Waals surface area contributed by atoms with Gasteiger partial charge in [-0.3, -0.25) is 4.79 Å². The summed E-state index contributed by atoms with van der Waals surface area (Å²) in [6.45, 7) is 4.74. The summed E-state index contributed by atoms with van der Waals surface area (Å²) in [6.07, 6.45) is 0. The lowest BCUT2D eigenvalue weighted by Gasteiger charge is -2.16. The number of benzene rings is 2. The van der Waals surface area contributed by atoms with E-state index >= 15 is 0 Å². The number of aryl methyl sites for hydroxylation is 1. The molecule has 1 atom stereocenters. The average Bonchev–Trinajstić information content (AvgIpc) is 3.35. The van der Waals surface area contributed by atoms with Crippen LogP contribution >= 0.6 is 11.3 Å². The molecule has 0 radical (unpaired) electrons. The third kappa shape index (κ3) is 4.30. The Morgan fingerprint density at radius 1 is 1.13 bits per heavy atom. The third-order valence-electron chi connectivity index (χ3n) is 5.06. The number of imidazole rings is 1. The molecule has 6 heteroatoms. The largest absolute Gasteiger partial charge is 0.337 e. The third-order valence-corrected chi connectivity index (χ3v) is 6.20. The highest BCUT2D eigenvalue weighted by atomic mass is 32.1. The standard InChI is InChI=1S/C24H26N4OS/c1-15-7-5-10-19-22(15)27-23(26-19)21-12-11-20(30-21)17-8-6-9-18(13-17)25-24(29)16(2)14-28(3)4/h5-13,16H,14H2,1-4H3,(H,25,29)(H,26,27). The first-order valence-electron chi connectivity index (χ1n) is 10.0. The Hall–Kier alpha value is -2.96. The van der Waals surface area contributed by atoms with Crippen LogP contribution in [0, 0.1) is 12.8 Å². The number of aromatic amines is 1. The van der Waals surface area contributed by atoms with Crippen LogP contribution < -0.4 is 5.32 Å². The van der Waals surface area contributed by atoms with Crippen LogP contribution in [0.1, 0.15) is 12.5 Å². The number of hydrogen-bond acceptors (Lipinski definition) is 4. The number of rotatable bonds is 6. The van der Waals surface area contributed by atoms with Crippen LogP contribution in [-0.4, -0.2) is 41.4 Å². The fraction of sp³-hybridized carbons (Fsp3) is 0.250. The first-order valence-corrected chi connectivity index (χ1v) is 10.8. The van der Waals surface area contributed by atoms with Gasteiger partial charge in [0.05, 0.1) is 15.9 Å². The van der Waals surface area contributed by atoms with Gasteiger partial charge < -0.3 is 15.2 Å². The van der Waals surface area contributed by atoms with Crippen LogP contribution in [0.3, 0.4) is 0 Å². The van der Waals surface area contributed by atoms with Crippen LogP contribution in [0.2, 0.25) is 0 Å². The molecule has 2 heterocycles. The van der Waals surface area contributed by atoms with E-state index in [0.717, 1.165) is 44.4 Å². The number of carbonyl (C=O) groups is 1. The normalized spacial score (nSPS) is 12.4. The van der Waals surface area contributed by atoms with Gasteiger partial charge in [-0.15, -0.1) is 11.3 Å². The molecule has 0 fully saturated rings. The summed E-state index contributed by atoms with van der Waals surface area (Å²) in [5.41, 5.74) is 5.13. The van der Waals surface area contributed by atoms with Gasteiger partial charge in [0.1, 0.15) is 5.82 Å². The van der Waals surface area contributed by atoms with E-state index in [2.05, 4.69) is 47.6 Å². The Kier molecular flexibility index (Phi) is 5.70. The molecule has 0 bridgehead atoms. The Bertz CT molecular complexity index is 1190. The summed E-state index contributed by atoms with van der Waals surface area (Å²) >= 11 is 1.69. The van der Waals surface area contributed by atoms with E-state index in [1.165, 1.54) is 5.56 Å². The number of H-pyrrole nitrogens is 1. The maximum Gasteiger partial charge on any atom is 0.228 e. The van der Waals surface area contributed by atoms with Gasteiger partial charge in [0.2, 0.25) is 5.91 Å². The maximum atomic E-state index is 12.5. The topological polar surface area (TPSA) is 61.0 Å². The highest BCUT2D eigenvalue weighted by molar-refractivity contribution is 7.18. The van der Waals surface area contributed by atoms with Crippen LogP contribution in [0.25, 0.3) is 32.2 Å². The second-order valence-electron chi connectivity index (χ2n) is 7.95. The number of aromatic nitrogens is 2. The molecule has 2 aromatic heterocycles. The molecule has 4 aromatic rings. The highest BCUT2D eigenvalue weighted by Gasteiger charge is 2.15. The van der Waals surface area contributed by atoms with Crippen LogP contribution in [0.15, 0.2) is 54.6 Å². The summed E-state index contributed by atoms with van der Waals surface area (Å²) in [7, 11) is 3.95. The van der Waals surface area contributed by atoms with Gasteiger partial charge in [-0.25, -0.2) is 4.98 Å². The SMILES string of the molecule is Cc1cccc2[nH]c(-c3ccc(-c4cccc(NC(=O)C(C)CN(C)C)c4)s3)nc12. The minimum Gasteiger partial charge on any atom is -0.337 e. The molecule has 30 heavy (non-hydrogen) atoms. The second-order valence-corrected chi connectivity index (χ2v) is 9.04. The number of nitrogens with one attached hydrogen (secondary N) is 2. The fourth-order valence-electron chi connectivity index (χ4n) is 3.56. The van der Waals surface area contributed by atoms with Crippen molar-refractivity contribution in [3.63, 3.8) is 0 Å². The molecule has 4 rings (SSSR count). The van der Waals surface area contributed by atoms with Gasteiger partial charge in [0.15, 0.2) is 0 Å². The van der Waals surface area contributed by atoms with E-state index in [1.54, 1.807) is 11.3 Å². The molecule has 1 unspecified atom stereocenters. The van der Waals surface area contributed by atoms with Crippen LogP contribution in [-0.2, 0) is 4.79 Å².